The summed E-state index contributed by atoms with van der Waals surface area (Å²) in [6, 6.07) is 27.6. The monoisotopic (exact) mass is 982 g/mol. The van der Waals surface area contributed by atoms with Gasteiger partial charge in [0.2, 0.25) is 17.7 Å². The topological polar surface area (TPSA) is 169 Å². The largest absolute Gasteiger partial charge is 0.395 e. The van der Waals surface area contributed by atoms with Crippen LogP contribution in [0.25, 0.3) is 38.5 Å². The summed E-state index contributed by atoms with van der Waals surface area (Å²) in [5.41, 5.74) is 11.4. The molecular formula is C56H71N9O5S. The first-order valence-electron chi connectivity index (χ1n) is 25.5. The van der Waals surface area contributed by atoms with Crippen LogP contribution in [0.1, 0.15) is 94.7 Å². The highest BCUT2D eigenvalue weighted by molar-refractivity contribution is 7.13. The van der Waals surface area contributed by atoms with Crippen molar-refractivity contribution in [1.29, 1.82) is 0 Å². The van der Waals surface area contributed by atoms with Gasteiger partial charge in [-0.05, 0) is 60.8 Å². The smallest absolute Gasteiger partial charge is 0.246 e. The van der Waals surface area contributed by atoms with Crippen molar-refractivity contribution in [2.24, 2.45) is 5.41 Å². The van der Waals surface area contributed by atoms with Gasteiger partial charge in [-0.25, -0.2) is 9.97 Å². The summed E-state index contributed by atoms with van der Waals surface area (Å²) in [7, 11) is 0. The van der Waals surface area contributed by atoms with E-state index in [0.717, 1.165) is 132 Å². The number of aromatic nitrogens is 4. The molecule has 0 saturated carbocycles. The minimum Gasteiger partial charge on any atom is -0.395 e. The molecule has 0 aliphatic carbocycles. The Bertz CT molecular complexity index is 2730. The number of aliphatic hydroxyl groups excluding tert-OH is 2. The molecule has 3 atom stereocenters. The van der Waals surface area contributed by atoms with Crippen molar-refractivity contribution >= 4 is 40.5 Å². The van der Waals surface area contributed by atoms with E-state index in [1.165, 1.54) is 10.5 Å². The first kappa shape index (κ1) is 51.4. The van der Waals surface area contributed by atoms with Crippen LogP contribution in [0.3, 0.4) is 0 Å². The van der Waals surface area contributed by atoms with E-state index in [1.54, 1.807) is 11.3 Å². The average Bonchev–Trinajstić information content (AvgIpc) is 4.08. The number of carbonyl (C=O) groups excluding carboxylic acids is 3. The summed E-state index contributed by atoms with van der Waals surface area (Å²) in [5, 5.41) is 31.1. The molecular weight excluding hydrogens is 911 g/mol. The lowest BCUT2D eigenvalue weighted by Crippen LogP contribution is -2.57. The van der Waals surface area contributed by atoms with E-state index < -0.39 is 23.6 Å². The highest BCUT2D eigenvalue weighted by atomic mass is 32.1. The van der Waals surface area contributed by atoms with E-state index in [9.17, 15) is 24.6 Å². The van der Waals surface area contributed by atoms with Crippen LogP contribution in [0.15, 0.2) is 90.4 Å². The predicted octanol–water partition coefficient (Wildman–Crippen LogP) is 8.00. The van der Waals surface area contributed by atoms with Crippen molar-refractivity contribution in [3.05, 3.63) is 113 Å². The summed E-state index contributed by atoms with van der Waals surface area (Å²) in [6.07, 6.45) is 6.55. The lowest BCUT2D eigenvalue weighted by Gasteiger charge is -2.35. The van der Waals surface area contributed by atoms with Crippen LogP contribution in [0.2, 0.25) is 0 Å². The Morgan fingerprint density at radius 2 is 1.49 bits per heavy atom. The molecule has 14 nitrogen and oxygen atoms in total. The molecule has 6 aromatic rings. The van der Waals surface area contributed by atoms with Crippen molar-refractivity contribution in [3.63, 3.8) is 0 Å². The number of fused-ring (bicyclic) bond motifs is 1. The van der Waals surface area contributed by atoms with Crippen LogP contribution >= 0.6 is 11.3 Å². The van der Waals surface area contributed by atoms with Crippen molar-refractivity contribution in [1.82, 2.24) is 40.0 Å². The second-order valence-electron chi connectivity index (χ2n) is 20.4. The summed E-state index contributed by atoms with van der Waals surface area (Å²) in [4.78, 5) is 57.7. The lowest BCUT2D eigenvalue weighted by molar-refractivity contribution is -0.144. The lowest BCUT2D eigenvalue weighted by atomic mass is 9.85. The fourth-order valence-corrected chi connectivity index (χ4v) is 10.8. The summed E-state index contributed by atoms with van der Waals surface area (Å²) in [5.74, 6) is 0.173. The number of anilines is 1. The number of thiazole rings is 1. The fraction of sp³-hybridized carbons (Fsp3) is 0.464. The first-order valence-corrected chi connectivity index (χ1v) is 26.3. The van der Waals surface area contributed by atoms with Crippen LogP contribution in [0, 0.1) is 19.3 Å². The number of benzene rings is 3. The highest BCUT2D eigenvalue weighted by Crippen LogP contribution is 2.34. The number of rotatable bonds is 20. The maximum absolute atomic E-state index is 14.1. The van der Waals surface area contributed by atoms with Gasteiger partial charge >= 0.3 is 0 Å². The standard InChI is InChI=1S/C56H71N9O5S/c1-38-50(43-16-12-10-13-17-43)53-59-46(34-49(65(53)61-38)63-29-27-62(28-30-63)31-32-66)42-23-19-40(20-24-42)15-11-8-6-7-9-14-18-48(68)60-52(56(3,4)5)55(70)64-36-45(67)33-47(64)54(69)57-35-41-21-25-44(26-22-41)51-39(2)58-37-71-51/h10,12-13,16-17,19-26,34,37,45,47,52,66-67H,6-9,11,14-15,18,27-33,35-36H2,1-5H3,(H,57,69)(H,60,68)/t45-,47+,52-/m0/s1. The molecule has 4 N–H and O–H groups in total. The van der Waals surface area contributed by atoms with Gasteiger partial charge in [-0.3, -0.25) is 19.3 Å². The number of unbranched alkanes of at least 4 members (excludes halogenated alkanes) is 5. The zero-order valence-electron chi connectivity index (χ0n) is 42.1. The van der Waals surface area contributed by atoms with Crippen LogP contribution in [0.5, 0.6) is 0 Å². The molecule has 3 aromatic carbocycles. The molecule has 15 heteroatoms. The first-order chi connectivity index (χ1) is 34.3. The zero-order chi connectivity index (χ0) is 50.1. The number of hydrogen-bond acceptors (Lipinski definition) is 11. The van der Waals surface area contributed by atoms with Crippen LogP contribution in [-0.2, 0) is 27.3 Å². The molecule has 2 aliphatic rings. The number of aryl methyl sites for hydroxylation is 3. The number of hydrogen-bond donors (Lipinski definition) is 4. The number of β-amino-alcohol motifs (C(OH)–C–C–N with tert-alkyl or cyclic N) is 2. The highest BCUT2D eigenvalue weighted by Gasteiger charge is 2.44. The van der Waals surface area contributed by atoms with Crippen molar-refractivity contribution < 1.29 is 24.6 Å². The Kier molecular flexibility index (Phi) is 17.0. The molecule has 376 valence electrons. The quantitative estimate of drug-likeness (QED) is 0.0551. The van der Waals surface area contributed by atoms with E-state index in [-0.39, 0.29) is 43.8 Å². The summed E-state index contributed by atoms with van der Waals surface area (Å²) in [6.45, 7) is 14.4. The van der Waals surface area contributed by atoms with Crippen molar-refractivity contribution in [2.45, 2.75) is 117 Å². The second-order valence-corrected chi connectivity index (χ2v) is 21.2. The Morgan fingerprint density at radius 1 is 0.817 bits per heavy atom. The molecule has 0 unspecified atom stereocenters. The summed E-state index contributed by atoms with van der Waals surface area (Å²) < 4.78 is 2.01. The minimum atomic E-state index is -0.844. The Labute approximate surface area is 422 Å². The molecule has 5 heterocycles. The minimum absolute atomic E-state index is 0.0395. The molecule has 2 fully saturated rings. The van der Waals surface area contributed by atoms with Crippen LogP contribution in [-0.4, -0.2) is 121 Å². The van der Waals surface area contributed by atoms with Gasteiger partial charge in [-0.15, -0.1) is 11.3 Å². The van der Waals surface area contributed by atoms with Crippen LogP contribution < -0.4 is 15.5 Å². The number of aliphatic hydroxyl groups is 2. The fourth-order valence-electron chi connectivity index (χ4n) is 9.94. The Balaban J connectivity index is 0.785. The van der Waals surface area contributed by atoms with E-state index in [2.05, 4.69) is 86.9 Å². The van der Waals surface area contributed by atoms with Gasteiger partial charge in [0.1, 0.15) is 17.9 Å². The molecule has 3 aromatic heterocycles. The van der Waals surface area contributed by atoms with E-state index >= 15 is 0 Å². The van der Waals surface area contributed by atoms with Gasteiger partial charge in [0, 0.05) is 75.8 Å². The molecule has 3 amide bonds. The third-order valence-corrected chi connectivity index (χ3v) is 15.0. The molecule has 0 radical (unpaired) electrons. The maximum atomic E-state index is 14.1. The molecule has 0 bridgehead atoms. The molecule has 71 heavy (non-hydrogen) atoms. The number of likely N-dealkylation sites (tertiary alicyclic amines) is 1. The molecule has 8 rings (SSSR count). The zero-order valence-corrected chi connectivity index (χ0v) is 42.9. The van der Waals surface area contributed by atoms with E-state index in [0.29, 0.717) is 13.0 Å². The average molecular weight is 982 g/mol. The van der Waals surface area contributed by atoms with Crippen LogP contribution in [0.4, 0.5) is 5.82 Å². The Morgan fingerprint density at radius 3 is 2.17 bits per heavy atom. The Hall–Kier alpha value is -6.00. The normalized spacial score (nSPS) is 16.9. The molecule has 2 aliphatic heterocycles. The molecule has 2 saturated heterocycles. The van der Waals surface area contributed by atoms with E-state index in [1.807, 2.05) is 68.1 Å². The van der Waals surface area contributed by atoms with Crippen molar-refractivity contribution in [2.75, 3.05) is 50.8 Å². The van der Waals surface area contributed by atoms with Gasteiger partial charge < -0.3 is 30.6 Å². The van der Waals surface area contributed by atoms with Gasteiger partial charge in [0.15, 0.2) is 5.65 Å². The van der Waals surface area contributed by atoms with Gasteiger partial charge in [-0.1, -0.05) is 125 Å². The number of nitrogens with one attached hydrogen (secondary N) is 2. The summed E-state index contributed by atoms with van der Waals surface area (Å²) >= 11 is 1.59. The molecule has 0 spiro atoms. The van der Waals surface area contributed by atoms with Gasteiger partial charge in [-0.2, -0.15) is 9.61 Å². The third kappa shape index (κ3) is 12.7. The SMILES string of the molecule is Cc1ncsc1-c1ccc(CNC(=O)[C@H]2C[C@H](O)CN2C(=O)[C@H](NC(=O)CCCCCCCCc2ccc(-c3cc(N4CCN(CCO)CC4)n4nc(C)c(-c5ccccc5)c4n3)cc2)C(C)(C)C)cc1. The number of carbonyl (C=O) groups is 3. The number of amides is 3. The predicted molar refractivity (Wildman–Crippen MR) is 282 cm³/mol. The number of nitrogens with zero attached hydrogens (tertiary/aromatic N) is 7. The number of piperazine rings is 1. The second kappa shape index (κ2) is 23.5. The maximum Gasteiger partial charge on any atom is 0.246 e. The van der Waals surface area contributed by atoms with Crippen molar-refractivity contribution in [3.8, 4) is 32.8 Å². The van der Waals surface area contributed by atoms with Gasteiger partial charge in [0.05, 0.1) is 40.2 Å². The third-order valence-electron chi connectivity index (χ3n) is 14.0. The van der Waals surface area contributed by atoms with Gasteiger partial charge in [0.25, 0.3) is 0 Å². The van der Waals surface area contributed by atoms with E-state index in [4.69, 9.17) is 10.1 Å².